The predicted molar refractivity (Wildman–Crippen MR) is 102 cm³/mol. The quantitative estimate of drug-likeness (QED) is 0.684. The van der Waals surface area contributed by atoms with E-state index >= 15 is 0 Å². The van der Waals surface area contributed by atoms with Crippen LogP contribution in [0.3, 0.4) is 0 Å². The maximum absolute atomic E-state index is 12.3. The molecule has 6 heteroatoms. The van der Waals surface area contributed by atoms with Crippen LogP contribution in [0.4, 0.5) is 5.69 Å². The van der Waals surface area contributed by atoms with Gasteiger partial charge in [0.2, 0.25) is 5.91 Å². The Labute approximate surface area is 154 Å². The lowest BCUT2D eigenvalue weighted by atomic mass is 10.2. The lowest BCUT2D eigenvalue weighted by Gasteiger charge is -2.21. The SMILES string of the molecule is CCCN(CCC)C(=O)CNc1ccc(C(=O)NCc2ccco2)cc1. The number of furan rings is 1. The number of hydrogen-bond donors (Lipinski definition) is 2. The van der Waals surface area contributed by atoms with Crippen LogP contribution in [-0.4, -0.2) is 36.3 Å². The molecule has 0 aliphatic heterocycles. The van der Waals surface area contributed by atoms with Crippen molar-refractivity contribution in [2.24, 2.45) is 0 Å². The molecule has 0 saturated carbocycles. The molecule has 2 N–H and O–H groups in total. The van der Waals surface area contributed by atoms with Gasteiger partial charge in [0.15, 0.2) is 0 Å². The molecule has 1 aromatic heterocycles. The monoisotopic (exact) mass is 357 g/mol. The third-order valence-electron chi connectivity index (χ3n) is 3.93. The number of rotatable bonds is 10. The van der Waals surface area contributed by atoms with Crippen molar-refractivity contribution in [1.82, 2.24) is 10.2 Å². The van der Waals surface area contributed by atoms with E-state index in [-0.39, 0.29) is 18.4 Å². The molecule has 6 nitrogen and oxygen atoms in total. The van der Waals surface area contributed by atoms with Crippen LogP contribution in [0.1, 0.15) is 42.8 Å². The molecule has 0 spiro atoms. The van der Waals surface area contributed by atoms with E-state index in [1.165, 1.54) is 0 Å². The average Bonchev–Trinajstić information content (AvgIpc) is 3.18. The second kappa shape index (κ2) is 10.3. The highest BCUT2D eigenvalue weighted by atomic mass is 16.3. The fraction of sp³-hybridized carbons (Fsp3) is 0.400. The van der Waals surface area contributed by atoms with Crippen molar-refractivity contribution >= 4 is 17.5 Å². The van der Waals surface area contributed by atoms with Gasteiger partial charge >= 0.3 is 0 Å². The van der Waals surface area contributed by atoms with Gasteiger partial charge in [-0.05, 0) is 49.2 Å². The van der Waals surface area contributed by atoms with E-state index in [0.29, 0.717) is 17.9 Å². The van der Waals surface area contributed by atoms with Gasteiger partial charge in [-0.1, -0.05) is 13.8 Å². The third-order valence-corrected chi connectivity index (χ3v) is 3.93. The normalized spacial score (nSPS) is 10.4. The van der Waals surface area contributed by atoms with Gasteiger partial charge < -0.3 is 20.0 Å². The number of anilines is 1. The number of nitrogens with one attached hydrogen (secondary N) is 2. The highest BCUT2D eigenvalue weighted by Crippen LogP contribution is 2.10. The van der Waals surface area contributed by atoms with Gasteiger partial charge in [-0.25, -0.2) is 0 Å². The molecule has 0 unspecified atom stereocenters. The molecule has 0 aliphatic carbocycles. The van der Waals surface area contributed by atoms with E-state index in [2.05, 4.69) is 24.5 Å². The van der Waals surface area contributed by atoms with Crippen LogP contribution in [0.25, 0.3) is 0 Å². The van der Waals surface area contributed by atoms with Crippen LogP contribution in [0.15, 0.2) is 47.1 Å². The summed E-state index contributed by atoms with van der Waals surface area (Å²) in [6.45, 7) is 6.30. The second-order valence-corrected chi connectivity index (χ2v) is 6.07. The molecule has 1 aromatic carbocycles. The number of hydrogen-bond acceptors (Lipinski definition) is 4. The van der Waals surface area contributed by atoms with Crippen molar-refractivity contribution in [2.45, 2.75) is 33.2 Å². The summed E-state index contributed by atoms with van der Waals surface area (Å²) in [4.78, 5) is 26.3. The summed E-state index contributed by atoms with van der Waals surface area (Å²) in [7, 11) is 0. The summed E-state index contributed by atoms with van der Waals surface area (Å²) in [5.41, 5.74) is 1.38. The third kappa shape index (κ3) is 5.95. The minimum atomic E-state index is -0.166. The molecule has 0 atom stereocenters. The molecule has 2 aromatic rings. The molecule has 0 fully saturated rings. The molecule has 0 saturated heterocycles. The Kier molecular flexibility index (Phi) is 7.74. The fourth-order valence-electron chi connectivity index (χ4n) is 2.61. The van der Waals surface area contributed by atoms with Crippen molar-refractivity contribution in [1.29, 1.82) is 0 Å². The Morgan fingerprint density at radius 1 is 1.04 bits per heavy atom. The maximum Gasteiger partial charge on any atom is 0.251 e. The maximum atomic E-state index is 12.3. The second-order valence-electron chi connectivity index (χ2n) is 6.07. The summed E-state index contributed by atoms with van der Waals surface area (Å²) in [6, 6.07) is 10.7. The van der Waals surface area contributed by atoms with Crippen molar-refractivity contribution in [3.05, 3.63) is 54.0 Å². The van der Waals surface area contributed by atoms with Crippen LogP contribution in [0, 0.1) is 0 Å². The number of nitrogens with zero attached hydrogens (tertiary/aromatic N) is 1. The fourth-order valence-corrected chi connectivity index (χ4v) is 2.61. The molecule has 0 aliphatic rings. The zero-order valence-corrected chi connectivity index (χ0v) is 15.5. The number of benzene rings is 1. The van der Waals surface area contributed by atoms with Crippen LogP contribution in [0.5, 0.6) is 0 Å². The van der Waals surface area contributed by atoms with Crippen molar-refractivity contribution in [2.75, 3.05) is 25.0 Å². The first kappa shape index (κ1) is 19.6. The lowest BCUT2D eigenvalue weighted by Crippen LogP contribution is -2.36. The summed E-state index contributed by atoms with van der Waals surface area (Å²) >= 11 is 0. The molecule has 0 bridgehead atoms. The van der Waals surface area contributed by atoms with Gasteiger partial charge in [-0.3, -0.25) is 9.59 Å². The van der Waals surface area contributed by atoms with Crippen LogP contribution in [0.2, 0.25) is 0 Å². The Morgan fingerprint density at radius 2 is 1.73 bits per heavy atom. The Bertz CT molecular complexity index is 675. The molecule has 1 heterocycles. The number of carbonyl (C=O) groups excluding carboxylic acids is 2. The van der Waals surface area contributed by atoms with Gasteiger partial charge in [0.1, 0.15) is 5.76 Å². The van der Waals surface area contributed by atoms with Crippen molar-refractivity contribution < 1.29 is 14.0 Å². The molecule has 2 amide bonds. The van der Waals surface area contributed by atoms with Crippen LogP contribution in [-0.2, 0) is 11.3 Å². The van der Waals surface area contributed by atoms with E-state index in [0.717, 1.165) is 31.6 Å². The summed E-state index contributed by atoms with van der Waals surface area (Å²) in [5, 5.41) is 5.92. The first-order valence-corrected chi connectivity index (χ1v) is 9.06. The Morgan fingerprint density at radius 3 is 2.31 bits per heavy atom. The summed E-state index contributed by atoms with van der Waals surface area (Å²) in [6.07, 6.45) is 3.48. The predicted octanol–water partition coefficient (Wildman–Crippen LogP) is 3.27. The molecule has 0 radical (unpaired) electrons. The zero-order chi connectivity index (χ0) is 18.8. The van der Waals surface area contributed by atoms with Crippen LogP contribution >= 0.6 is 0 Å². The first-order valence-electron chi connectivity index (χ1n) is 9.06. The van der Waals surface area contributed by atoms with Gasteiger partial charge in [0.05, 0.1) is 19.4 Å². The van der Waals surface area contributed by atoms with Crippen LogP contribution < -0.4 is 10.6 Å². The van der Waals surface area contributed by atoms with E-state index < -0.39 is 0 Å². The minimum absolute atomic E-state index is 0.0916. The Balaban J connectivity index is 1.82. The molecule has 140 valence electrons. The number of carbonyl (C=O) groups is 2. The van der Waals surface area contributed by atoms with Gasteiger partial charge in [0.25, 0.3) is 5.91 Å². The lowest BCUT2D eigenvalue weighted by molar-refractivity contribution is -0.129. The van der Waals surface area contributed by atoms with E-state index in [1.54, 1.807) is 36.6 Å². The molecule has 26 heavy (non-hydrogen) atoms. The van der Waals surface area contributed by atoms with Gasteiger partial charge in [-0.15, -0.1) is 0 Å². The van der Waals surface area contributed by atoms with Crippen molar-refractivity contribution in [3.8, 4) is 0 Å². The molecule has 2 rings (SSSR count). The van der Waals surface area contributed by atoms with E-state index in [1.807, 2.05) is 11.0 Å². The largest absolute Gasteiger partial charge is 0.467 e. The van der Waals surface area contributed by atoms with E-state index in [9.17, 15) is 9.59 Å². The first-order chi connectivity index (χ1) is 12.6. The van der Waals surface area contributed by atoms with Gasteiger partial charge in [0, 0.05) is 24.3 Å². The highest BCUT2D eigenvalue weighted by molar-refractivity contribution is 5.94. The smallest absolute Gasteiger partial charge is 0.251 e. The summed E-state index contributed by atoms with van der Waals surface area (Å²) < 4.78 is 5.19. The average molecular weight is 357 g/mol. The number of amides is 2. The highest BCUT2D eigenvalue weighted by Gasteiger charge is 2.11. The molecular formula is C20H27N3O3. The Hall–Kier alpha value is -2.76. The molecular weight excluding hydrogens is 330 g/mol. The summed E-state index contributed by atoms with van der Waals surface area (Å²) in [5.74, 6) is 0.633. The van der Waals surface area contributed by atoms with Crippen molar-refractivity contribution in [3.63, 3.8) is 0 Å². The van der Waals surface area contributed by atoms with E-state index in [4.69, 9.17) is 4.42 Å². The zero-order valence-electron chi connectivity index (χ0n) is 15.5. The standard InChI is InChI=1S/C20H27N3O3/c1-3-11-23(12-4-2)19(24)15-21-17-9-7-16(8-10-17)20(25)22-14-18-6-5-13-26-18/h5-10,13,21H,3-4,11-12,14-15H2,1-2H3,(H,22,25). The van der Waals surface area contributed by atoms with Gasteiger partial charge in [-0.2, -0.15) is 0 Å². The minimum Gasteiger partial charge on any atom is -0.467 e. The topological polar surface area (TPSA) is 74.6 Å².